The zero-order chi connectivity index (χ0) is 14.1. The van der Waals surface area contributed by atoms with Crippen molar-refractivity contribution < 1.29 is 9.53 Å². The molecule has 0 aliphatic heterocycles. The van der Waals surface area contributed by atoms with Crippen molar-refractivity contribution in [3.63, 3.8) is 0 Å². The van der Waals surface area contributed by atoms with E-state index in [0.29, 0.717) is 6.61 Å². The molecule has 0 bridgehead atoms. The maximum Gasteiger partial charge on any atom is 0.302 e. The van der Waals surface area contributed by atoms with Gasteiger partial charge in [-0.15, -0.1) is 0 Å². The molecule has 1 aromatic carbocycles. The maximum atomic E-state index is 10.6. The molecule has 1 rings (SSSR count). The summed E-state index contributed by atoms with van der Waals surface area (Å²) in [6.07, 6.45) is 4.34. The smallest absolute Gasteiger partial charge is 0.302 e. The number of hydrogen-bond acceptors (Lipinski definition) is 4. The van der Waals surface area contributed by atoms with Crippen LogP contribution in [0.5, 0.6) is 0 Å². The Labute approximate surface area is 115 Å². The second-order valence-electron chi connectivity index (χ2n) is 4.77. The molecular formula is C15H24N2O2. The molecule has 0 aliphatic carbocycles. The molecule has 0 aromatic heterocycles. The van der Waals surface area contributed by atoms with Gasteiger partial charge in [0.2, 0.25) is 0 Å². The van der Waals surface area contributed by atoms with Crippen LogP contribution in [-0.4, -0.2) is 26.2 Å². The lowest BCUT2D eigenvalue weighted by molar-refractivity contribution is -0.141. The topological polar surface area (TPSA) is 55.6 Å². The number of nitrogens with zero attached hydrogens (tertiary/aromatic N) is 1. The van der Waals surface area contributed by atoms with Crippen LogP contribution in [0.3, 0.4) is 0 Å². The van der Waals surface area contributed by atoms with Crippen molar-refractivity contribution >= 4 is 17.3 Å². The number of carbonyl (C=O) groups is 1. The van der Waals surface area contributed by atoms with Crippen molar-refractivity contribution in [3.8, 4) is 0 Å². The van der Waals surface area contributed by atoms with Gasteiger partial charge in [-0.05, 0) is 43.5 Å². The first-order valence-corrected chi connectivity index (χ1v) is 6.79. The predicted molar refractivity (Wildman–Crippen MR) is 79.2 cm³/mol. The normalized spacial score (nSPS) is 10.2. The van der Waals surface area contributed by atoms with Gasteiger partial charge in [0, 0.05) is 31.9 Å². The van der Waals surface area contributed by atoms with Crippen LogP contribution in [0.4, 0.5) is 11.4 Å². The average Bonchev–Trinajstić information content (AvgIpc) is 2.38. The summed E-state index contributed by atoms with van der Waals surface area (Å²) in [5.74, 6) is -0.192. The third-order valence-corrected chi connectivity index (χ3v) is 3.03. The van der Waals surface area contributed by atoms with Crippen LogP contribution in [0.25, 0.3) is 0 Å². The number of esters is 1. The molecule has 0 unspecified atom stereocenters. The largest absolute Gasteiger partial charge is 0.466 e. The third-order valence-electron chi connectivity index (χ3n) is 3.03. The summed E-state index contributed by atoms with van der Waals surface area (Å²) in [4.78, 5) is 12.8. The Morgan fingerprint density at radius 3 is 2.42 bits per heavy atom. The van der Waals surface area contributed by atoms with Crippen LogP contribution < -0.4 is 10.6 Å². The molecule has 4 nitrogen and oxygen atoms in total. The van der Waals surface area contributed by atoms with Crippen molar-refractivity contribution in [2.75, 3.05) is 30.8 Å². The number of hydrogen-bond donors (Lipinski definition) is 1. The SMILES string of the molecule is CC(=O)OCCCCCCN(C)c1ccc(N)cc1. The minimum Gasteiger partial charge on any atom is -0.466 e. The highest BCUT2D eigenvalue weighted by Crippen LogP contribution is 2.15. The molecule has 0 aliphatic rings. The number of nitrogen functional groups attached to an aromatic ring is 1. The summed E-state index contributed by atoms with van der Waals surface area (Å²) in [5.41, 5.74) is 7.64. The number of unbranched alkanes of at least 4 members (excludes halogenated alkanes) is 3. The first kappa shape index (κ1) is 15.3. The zero-order valence-electron chi connectivity index (χ0n) is 11.9. The van der Waals surface area contributed by atoms with E-state index >= 15 is 0 Å². The van der Waals surface area contributed by atoms with Gasteiger partial charge >= 0.3 is 5.97 Å². The van der Waals surface area contributed by atoms with Crippen LogP contribution in [0.2, 0.25) is 0 Å². The van der Waals surface area contributed by atoms with Gasteiger partial charge in [0.15, 0.2) is 0 Å². The van der Waals surface area contributed by atoms with Crippen molar-refractivity contribution in [1.82, 2.24) is 0 Å². The van der Waals surface area contributed by atoms with Crippen LogP contribution in [0.15, 0.2) is 24.3 Å². The highest BCUT2D eigenvalue weighted by Gasteiger charge is 2.00. The van der Waals surface area contributed by atoms with E-state index in [1.54, 1.807) is 0 Å². The highest BCUT2D eigenvalue weighted by atomic mass is 16.5. The van der Waals surface area contributed by atoms with Gasteiger partial charge in [0.25, 0.3) is 0 Å². The van der Waals surface area contributed by atoms with Gasteiger partial charge in [0.05, 0.1) is 6.61 Å². The molecule has 19 heavy (non-hydrogen) atoms. The molecule has 0 fully saturated rings. The Morgan fingerprint density at radius 1 is 1.16 bits per heavy atom. The predicted octanol–water partition coefficient (Wildman–Crippen LogP) is 2.83. The number of rotatable bonds is 8. The van der Waals surface area contributed by atoms with Crippen molar-refractivity contribution in [3.05, 3.63) is 24.3 Å². The van der Waals surface area contributed by atoms with E-state index in [2.05, 4.69) is 11.9 Å². The van der Waals surface area contributed by atoms with Crippen LogP contribution in [0.1, 0.15) is 32.6 Å². The van der Waals surface area contributed by atoms with Crippen LogP contribution in [0, 0.1) is 0 Å². The Kier molecular flexibility index (Phi) is 6.79. The van der Waals surface area contributed by atoms with Crippen LogP contribution >= 0.6 is 0 Å². The van der Waals surface area contributed by atoms with Gasteiger partial charge in [0.1, 0.15) is 0 Å². The Balaban J connectivity index is 2.09. The summed E-state index contributed by atoms with van der Waals surface area (Å²) < 4.78 is 4.89. The molecule has 0 amide bonds. The summed E-state index contributed by atoms with van der Waals surface area (Å²) in [7, 11) is 2.09. The highest BCUT2D eigenvalue weighted by molar-refractivity contribution is 5.65. The standard InChI is InChI=1S/C15H24N2O2/c1-13(18)19-12-6-4-3-5-11-17(2)15-9-7-14(16)8-10-15/h7-10H,3-6,11-12,16H2,1-2H3. The molecule has 0 saturated carbocycles. The molecule has 4 heteroatoms. The van der Waals surface area contributed by atoms with Gasteiger partial charge in [-0.2, -0.15) is 0 Å². The second kappa shape index (κ2) is 8.40. The first-order valence-electron chi connectivity index (χ1n) is 6.79. The summed E-state index contributed by atoms with van der Waals surface area (Å²) in [5, 5.41) is 0. The lowest BCUT2D eigenvalue weighted by Gasteiger charge is -2.19. The van der Waals surface area contributed by atoms with Crippen LogP contribution in [-0.2, 0) is 9.53 Å². The van der Waals surface area contributed by atoms with Gasteiger partial charge in [-0.3, -0.25) is 4.79 Å². The van der Waals surface area contributed by atoms with E-state index in [0.717, 1.165) is 37.9 Å². The molecule has 0 spiro atoms. The number of benzene rings is 1. The molecule has 0 atom stereocenters. The lowest BCUT2D eigenvalue weighted by Crippen LogP contribution is -2.18. The fourth-order valence-corrected chi connectivity index (χ4v) is 1.88. The number of ether oxygens (including phenoxy) is 1. The van der Waals surface area contributed by atoms with Crippen molar-refractivity contribution in [2.24, 2.45) is 0 Å². The number of carbonyl (C=O) groups excluding carboxylic acids is 1. The molecule has 2 N–H and O–H groups in total. The molecule has 0 heterocycles. The summed E-state index contributed by atoms with van der Waals surface area (Å²) in [6.45, 7) is 3.02. The Morgan fingerprint density at radius 2 is 1.79 bits per heavy atom. The number of nitrogens with two attached hydrogens (primary N) is 1. The monoisotopic (exact) mass is 264 g/mol. The fourth-order valence-electron chi connectivity index (χ4n) is 1.88. The van der Waals surface area contributed by atoms with Crippen molar-refractivity contribution in [2.45, 2.75) is 32.6 Å². The molecule has 1 aromatic rings. The Bertz CT molecular complexity index is 376. The first-order chi connectivity index (χ1) is 9.09. The average molecular weight is 264 g/mol. The van der Waals surface area contributed by atoms with Gasteiger partial charge in [-0.1, -0.05) is 6.42 Å². The van der Waals surface area contributed by atoms with Gasteiger partial charge < -0.3 is 15.4 Å². The van der Waals surface area contributed by atoms with Gasteiger partial charge in [-0.25, -0.2) is 0 Å². The van der Waals surface area contributed by atoms with E-state index in [1.165, 1.54) is 12.6 Å². The quantitative estimate of drug-likeness (QED) is 0.445. The lowest BCUT2D eigenvalue weighted by atomic mass is 10.2. The maximum absolute atomic E-state index is 10.6. The second-order valence-corrected chi connectivity index (χ2v) is 4.77. The molecule has 0 saturated heterocycles. The van der Waals surface area contributed by atoms with E-state index in [4.69, 9.17) is 10.5 Å². The van der Waals surface area contributed by atoms with Crippen molar-refractivity contribution in [1.29, 1.82) is 0 Å². The minimum atomic E-state index is -0.192. The summed E-state index contributed by atoms with van der Waals surface area (Å²) in [6, 6.07) is 7.92. The Hall–Kier alpha value is -1.71. The fraction of sp³-hybridized carbons (Fsp3) is 0.533. The third kappa shape index (κ3) is 6.70. The van der Waals surface area contributed by atoms with E-state index in [9.17, 15) is 4.79 Å². The molecular weight excluding hydrogens is 240 g/mol. The summed E-state index contributed by atoms with van der Waals surface area (Å²) >= 11 is 0. The van der Waals surface area contributed by atoms with E-state index < -0.39 is 0 Å². The zero-order valence-corrected chi connectivity index (χ0v) is 11.9. The minimum absolute atomic E-state index is 0.192. The van der Waals surface area contributed by atoms with E-state index in [1.807, 2.05) is 24.3 Å². The molecule has 0 radical (unpaired) electrons. The molecule has 106 valence electrons. The number of anilines is 2. The van der Waals surface area contributed by atoms with E-state index in [-0.39, 0.29) is 5.97 Å².